The summed E-state index contributed by atoms with van der Waals surface area (Å²) in [6.45, 7) is 3.03. The summed E-state index contributed by atoms with van der Waals surface area (Å²) in [4.78, 5) is 14.6. The first-order valence-corrected chi connectivity index (χ1v) is 6.36. The molecule has 1 N–H and O–H groups in total. The van der Waals surface area contributed by atoms with E-state index in [0.29, 0.717) is 47.6 Å². The average molecular weight is 282 g/mol. The van der Waals surface area contributed by atoms with Gasteiger partial charge in [-0.1, -0.05) is 11.6 Å². The van der Waals surface area contributed by atoms with E-state index < -0.39 is 5.97 Å². The molecule has 1 aromatic heterocycles. The Morgan fingerprint density at radius 2 is 2.21 bits per heavy atom. The molecule has 0 bridgehead atoms. The molecule has 0 unspecified atom stereocenters. The second kappa shape index (κ2) is 4.66. The molecule has 0 saturated heterocycles. The van der Waals surface area contributed by atoms with Gasteiger partial charge in [0.1, 0.15) is 23.9 Å². The van der Waals surface area contributed by atoms with Gasteiger partial charge in [-0.25, -0.2) is 4.79 Å². The van der Waals surface area contributed by atoms with Crippen LogP contribution in [0.2, 0.25) is 5.02 Å². The number of ether oxygens (including phenoxy) is 3. The van der Waals surface area contributed by atoms with Crippen LogP contribution in [0.1, 0.15) is 17.4 Å². The predicted octanol–water partition coefficient (Wildman–Crippen LogP) is 2.77. The average Bonchev–Trinajstić information content (AvgIpc) is 2.84. The van der Waals surface area contributed by atoms with Crippen molar-refractivity contribution in [3.8, 4) is 11.5 Å². The van der Waals surface area contributed by atoms with Crippen LogP contribution in [0.5, 0.6) is 11.5 Å². The minimum atomic E-state index is -0.408. The highest BCUT2D eigenvalue weighted by Gasteiger charge is 2.21. The van der Waals surface area contributed by atoms with Crippen molar-refractivity contribution in [3.05, 3.63) is 22.8 Å². The summed E-state index contributed by atoms with van der Waals surface area (Å²) in [5.74, 6) is 0.699. The van der Waals surface area contributed by atoms with Crippen molar-refractivity contribution < 1.29 is 19.0 Å². The molecule has 1 aliphatic heterocycles. The van der Waals surface area contributed by atoms with E-state index in [1.165, 1.54) is 0 Å². The van der Waals surface area contributed by atoms with E-state index in [1.54, 1.807) is 19.1 Å². The first-order chi connectivity index (χ1) is 9.20. The van der Waals surface area contributed by atoms with E-state index in [1.807, 2.05) is 0 Å². The van der Waals surface area contributed by atoms with Gasteiger partial charge in [0.15, 0.2) is 11.5 Å². The van der Waals surface area contributed by atoms with E-state index >= 15 is 0 Å². The van der Waals surface area contributed by atoms with Gasteiger partial charge in [0.25, 0.3) is 0 Å². The van der Waals surface area contributed by atoms with Gasteiger partial charge in [-0.15, -0.1) is 0 Å². The Kier molecular flexibility index (Phi) is 2.98. The van der Waals surface area contributed by atoms with Crippen molar-refractivity contribution in [2.24, 2.45) is 0 Å². The lowest BCUT2D eigenvalue weighted by Crippen LogP contribution is -2.15. The number of aromatic amines is 1. The van der Waals surface area contributed by atoms with Crippen molar-refractivity contribution in [2.75, 3.05) is 19.8 Å². The molecule has 0 fully saturated rings. The maximum absolute atomic E-state index is 11.7. The van der Waals surface area contributed by atoms with Gasteiger partial charge < -0.3 is 19.2 Å². The molecule has 0 atom stereocenters. The van der Waals surface area contributed by atoms with Gasteiger partial charge in [-0.3, -0.25) is 0 Å². The number of H-pyrrole nitrogens is 1. The zero-order valence-electron chi connectivity index (χ0n) is 10.3. The molecule has 19 heavy (non-hydrogen) atoms. The van der Waals surface area contributed by atoms with Gasteiger partial charge in [0.2, 0.25) is 0 Å². The maximum Gasteiger partial charge on any atom is 0.354 e. The zero-order valence-corrected chi connectivity index (χ0v) is 11.0. The van der Waals surface area contributed by atoms with Crippen molar-refractivity contribution >= 4 is 28.5 Å². The zero-order chi connectivity index (χ0) is 13.4. The third kappa shape index (κ3) is 2.00. The fraction of sp³-hybridized carbons (Fsp3) is 0.308. The van der Waals surface area contributed by atoms with E-state index in [0.717, 1.165) is 5.39 Å². The molecule has 0 radical (unpaired) electrons. The SMILES string of the molecule is CCOC(=O)c1cc2cc3c(c(Cl)c2[nH]1)OCCO3. The number of carbonyl (C=O) groups is 1. The topological polar surface area (TPSA) is 60.6 Å². The van der Waals surface area contributed by atoms with Crippen molar-refractivity contribution in [1.82, 2.24) is 4.98 Å². The summed E-state index contributed by atoms with van der Waals surface area (Å²) in [5.41, 5.74) is 1.01. The Morgan fingerprint density at radius 3 is 3.00 bits per heavy atom. The van der Waals surface area contributed by atoms with E-state index in [2.05, 4.69) is 4.98 Å². The largest absolute Gasteiger partial charge is 0.486 e. The van der Waals surface area contributed by atoms with Crippen LogP contribution in [0.3, 0.4) is 0 Å². The summed E-state index contributed by atoms with van der Waals surface area (Å²) in [6, 6.07) is 3.49. The lowest BCUT2D eigenvalue weighted by atomic mass is 10.2. The number of nitrogens with one attached hydrogen (secondary N) is 1. The fourth-order valence-electron chi connectivity index (χ4n) is 2.05. The molecule has 5 nitrogen and oxygen atoms in total. The van der Waals surface area contributed by atoms with Crippen LogP contribution in [0, 0.1) is 0 Å². The second-order valence-corrected chi connectivity index (χ2v) is 4.46. The number of benzene rings is 1. The number of esters is 1. The highest BCUT2D eigenvalue weighted by molar-refractivity contribution is 6.37. The van der Waals surface area contributed by atoms with Gasteiger partial charge >= 0.3 is 5.97 Å². The van der Waals surface area contributed by atoms with E-state index in [-0.39, 0.29) is 0 Å². The second-order valence-electron chi connectivity index (χ2n) is 4.08. The van der Waals surface area contributed by atoms with E-state index in [4.69, 9.17) is 25.8 Å². The molecular formula is C13H12ClNO4. The number of hydrogen-bond donors (Lipinski definition) is 1. The number of aromatic nitrogens is 1. The van der Waals surface area contributed by atoms with Crippen LogP contribution in [-0.4, -0.2) is 30.8 Å². The van der Waals surface area contributed by atoms with Crippen LogP contribution >= 0.6 is 11.6 Å². The third-order valence-corrected chi connectivity index (χ3v) is 3.22. The summed E-state index contributed by atoms with van der Waals surface area (Å²) in [7, 11) is 0. The number of halogens is 1. The van der Waals surface area contributed by atoms with Crippen molar-refractivity contribution in [2.45, 2.75) is 6.92 Å². The number of carbonyl (C=O) groups excluding carboxylic acids is 1. The van der Waals surface area contributed by atoms with Crippen LogP contribution in [-0.2, 0) is 4.74 Å². The summed E-state index contributed by atoms with van der Waals surface area (Å²) < 4.78 is 15.9. The molecule has 0 saturated carbocycles. The molecule has 2 aromatic rings. The predicted molar refractivity (Wildman–Crippen MR) is 70.3 cm³/mol. The molecule has 0 spiro atoms. The Balaban J connectivity index is 2.12. The number of rotatable bonds is 2. The van der Waals surface area contributed by atoms with Gasteiger partial charge in [-0.2, -0.15) is 0 Å². The van der Waals surface area contributed by atoms with Gasteiger partial charge in [0.05, 0.1) is 12.1 Å². The lowest BCUT2D eigenvalue weighted by molar-refractivity contribution is 0.0520. The molecule has 2 heterocycles. The third-order valence-electron chi connectivity index (χ3n) is 2.86. The van der Waals surface area contributed by atoms with Crippen LogP contribution in [0.4, 0.5) is 0 Å². The number of hydrogen-bond acceptors (Lipinski definition) is 4. The molecule has 1 aromatic carbocycles. The van der Waals surface area contributed by atoms with Crippen molar-refractivity contribution in [3.63, 3.8) is 0 Å². The summed E-state index contributed by atoms with van der Waals surface area (Å²) in [6.07, 6.45) is 0. The quantitative estimate of drug-likeness (QED) is 0.860. The standard InChI is InChI=1S/C13H12ClNO4/c1-2-17-13(16)8-5-7-6-9-12(19-4-3-18-9)10(14)11(7)15-8/h5-6,15H,2-4H2,1H3. The Morgan fingerprint density at radius 1 is 1.42 bits per heavy atom. The molecule has 0 aliphatic carbocycles. The Labute approximate surface area is 114 Å². The van der Waals surface area contributed by atoms with Gasteiger partial charge in [-0.05, 0) is 19.1 Å². The molecule has 6 heteroatoms. The normalized spacial score (nSPS) is 13.6. The molecule has 100 valence electrons. The highest BCUT2D eigenvalue weighted by Crippen LogP contribution is 2.42. The molecular weight excluding hydrogens is 270 g/mol. The molecule has 1 aliphatic rings. The fourth-order valence-corrected chi connectivity index (χ4v) is 2.35. The molecule has 3 rings (SSSR count). The summed E-state index contributed by atoms with van der Waals surface area (Å²) >= 11 is 6.27. The number of fused-ring (bicyclic) bond motifs is 2. The van der Waals surface area contributed by atoms with Crippen LogP contribution in [0.25, 0.3) is 10.9 Å². The minimum Gasteiger partial charge on any atom is -0.486 e. The van der Waals surface area contributed by atoms with Crippen molar-refractivity contribution in [1.29, 1.82) is 0 Å². The maximum atomic E-state index is 11.7. The van der Waals surface area contributed by atoms with Gasteiger partial charge in [0, 0.05) is 5.39 Å². The van der Waals surface area contributed by atoms with Crippen LogP contribution in [0.15, 0.2) is 12.1 Å². The first-order valence-electron chi connectivity index (χ1n) is 5.98. The lowest BCUT2D eigenvalue weighted by Gasteiger charge is -2.19. The Hall–Kier alpha value is -1.88. The first kappa shape index (κ1) is 12.2. The molecule has 0 amide bonds. The monoisotopic (exact) mass is 281 g/mol. The smallest absolute Gasteiger partial charge is 0.354 e. The highest BCUT2D eigenvalue weighted by atomic mass is 35.5. The Bertz CT molecular complexity index is 650. The minimum absolute atomic E-state index is 0.324. The van der Waals surface area contributed by atoms with E-state index in [9.17, 15) is 4.79 Å². The summed E-state index contributed by atoms with van der Waals surface area (Å²) in [5, 5.41) is 1.21. The van der Waals surface area contributed by atoms with Crippen LogP contribution < -0.4 is 9.47 Å².